The van der Waals surface area contributed by atoms with Crippen LogP contribution in [0.4, 0.5) is 0 Å². The lowest BCUT2D eigenvalue weighted by atomic mass is 10.1. The molecule has 1 aromatic heterocycles. The molecule has 0 bridgehead atoms. The van der Waals surface area contributed by atoms with E-state index in [1.807, 2.05) is 36.4 Å². The summed E-state index contributed by atoms with van der Waals surface area (Å²) >= 11 is 13.3. The van der Waals surface area contributed by atoms with E-state index in [9.17, 15) is 9.59 Å². The molecule has 0 radical (unpaired) electrons. The summed E-state index contributed by atoms with van der Waals surface area (Å²) in [6, 6.07) is 21.4. The van der Waals surface area contributed by atoms with E-state index < -0.39 is 0 Å². The summed E-state index contributed by atoms with van der Waals surface area (Å²) in [7, 11) is 0. The second kappa shape index (κ2) is 10.2. The molecule has 0 saturated carbocycles. The number of thioether (sulfide) groups is 1. The Morgan fingerprint density at radius 1 is 1.06 bits per heavy atom. The lowest BCUT2D eigenvalue weighted by molar-refractivity contribution is -0.118. The zero-order valence-corrected chi connectivity index (χ0v) is 19.8. The molecule has 6 nitrogen and oxygen atoms in total. The van der Waals surface area contributed by atoms with Crippen molar-refractivity contribution in [1.82, 2.24) is 15.0 Å². The van der Waals surface area contributed by atoms with Crippen molar-refractivity contribution in [3.8, 4) is 5.69 Å². The van der Waals surface area contributed by atoms with Crippen LogP contribution in [0.1, 0.15) is 12.5 Å². The van der Waals surface area contributed by atoms with Gasteiger partial charge >= 0.3 is 0 Å². The maximum Gasteiger partial charge on any atom is 0.266 e. The molecule has 4 rings (SSSR count). The van der Waals surface area contributed by atoms with Crippen LogP contribution in [-0.2, 0) is 4.79 Å². The Balaban J connectivity index is 1.56. The lowest BCUT2D eigenvalue weighted by Crippen LogP contribution is -2.24. The summed E-state index contributed by atoms with van der Waals surface area (Å²) in [6.07, 6.45) is 0. The average molecular weight is 497 g/mol. The molecule has 0 saturated heterocycles. The highest BCUT2D eigenvalue weighted by atomic mass is 35.5. The van der Waals surface area contributed by atoms with Gasteiger partial charge in [0.1, 0.15) is 0 Å². The number of carbonyl (C=O) groups excluding carboxylic acids is 1. The first-order chi connectivity index (χ1) is 15.9. The number of halogens is 2. The Kier molecular flexibility index (Phi) is 7.13. The Bertz CT molecular complexity index is 1420. The van der Waals surface area contributed by atoms with Gasteiger partial charge in [-0.1, -0.05) is 71.4 Å². The van der Waals surface area contributed by atoms with Crippen LogP contribution in [0.2, 0.25) is 10.0 Å². The number of benzene rings is 3. The quantitative estimate of drug-likeness (QED) is 0.169. The molecular weight excluding hydrogens is 479 g/mol. The van der Waals surface area contributed by atoms with Gasteiger partial charge in [0.15, 0.2) is 5.16 Å². The smallest absolute Gasteiger partial charge is 0.266 e. The van der Waals surface area contributed by atoms with Crippen LogP contribution in [0, 0.1) is 0 Å². The number of fused-ring (bicyclic) bond motifs is 1. The first-order valence-electron chi connectivity index (χ1n) is 9.92. The van der Waals surface area contributed by atoms with Crippen molar-refractivity contribution in [3.63, 3.8) is 0 Å². The van der Waals surface area contributed by atoms with E-state index >= 15 is 0 Å². The predicted octanol–water partition coefficient (Wildman–Crippen LogP) is 5.33. The predicted molar refractivity (Wildman–Crippen MR) is 135 cm³/mol. The van der Waals surface area contributed by atoms with Gasteiger partial charge in [-0.25, -0.2) is 10.4 Å². The standard InChI is InChI=1S/C24H18Cl2N4O2S/c1-15(18-12-11-16(25)13-20(18)26)28-29-22(31)14-33-24-27-21-10-6-5-9-19(21)23(32)30(24)17-7-3-2-4-8-17/h2-13H,14H2,1H3,(H,29,31)/b28-15+. The van der Waals surface area contributed by atoms with Gasteiger partial charge in [-0.3, -0.25) is 14.2 Å². The normalized spacial score (nSPS) is 11.5. The summed E-state index contributed by atoms with van der Waals surface area (Å²) < 4.78 is 1.52. The molecule has 0 atom stereocenters. The van der Waals surface area contributed by atoms with Gasteiger partial charge in [0.25, 0.3) is 11.5 Å². The molecule has 0 aliphatic carbocycles. The number of nitrogens with zero attached hydrogens (tertiary/aromatic N) is 3. The molecule has 33 heavy (non-hydrogen) atoms. The third kappa shape index (κ3) is 5.27. The average Bonchev–Trinajstić information content (AvgIpc) is 2.82. The summed E-state index contributed by atoms with van der Waals surface area (Å²) in [4.78, 5) is 30.3. The van der Waals surface area contributed by atoms with Crippen molar-refractivity contribution >= 4 is 57.5 Å². The fraction of sp³-hybridized carbons (Fsp3) is 0.0833. The van der Waals surface area contributed by atoms with Crippen molar-refractivity contribution in [2.24, 2.45) is 5.10 Å². The minimum atomic E-state index is -0.341. The van der Waals surface area contributed by atoms with Gasteiger partial charge in [0.2, 0.25) is 0 Å². The number of hydrogen-bond acceptors (Lipinski definition) is 5. The van der Waals surface area contributed by atoms with Gasteiger partial charge in [0.05, 0.1) is 33.1 Å². The van der Waals surface area contributed by atoms with E-state index in [2.05, 4.69) is 15.5 Å². The Morgan fingerprint density at radius 2 is 1.79 bits per heavy atom. The molecule has 9 heteroatoms. The fourth-order valence-electron chi connectivity index (χ4n) is 3.17. The van der Waals surface area contributed by atoms with Crippen LogP contribution in [0.15, 0.2) is 87.8 Å². The van der Waals surface area contributed by atoms with E-state index in [4.69, 9.17) is 23.2 Å². The Morgan fingerprint density at radius 3 is 2.55 bits per heavy atom. The molecule has 0 fully saturated rings. The van der Waals surface area contributed by atoms with Gasteiger partial charge in [-0.2, -0.15) is 5.10 Å². The van der Waals surface area contributed by atoms with Crippen LogP contribution < -0.4 is 11.0 Å². The van der Waals surface area contributed by atoms with Crippen molar-refractivity contribution < 1.29 is 4.79 Å². The highest BCUT2D eigenvalue weighted by Gasteiger charge is 2.15. The molecular formula is C24H18Cl2N4O2S. The summed E-state index contributed by atoms with van der Waals surface area (Å²) in [5.74, 6) is -0.325. The maximum absolute atomic E-state index is 13.2. The second-order valence-electron chi connectivity index (χ2n) is 7.03. The zero-order chi connectivity index (χ0) is 23.4. The summed E-state index contributed by atoms with van der Waals surface area (Å²) in [5.41, 5.74) is 4.79. The summed E-state index contributed by atoms with van der Waals surface area (Å²) in [6.45, 7) is 1.74. The van der Waals surface area contributed by atoms with Crippen LogP contribution in [0.5, 0.6) is 0 Å². The van der Waals surface area contributed by atoms with Crippen LogP contribution >= 0.6 is 35.0 Å². The largest absolute Gasteiger partial charge is 0.272 e. The molecule has 166 valence electrons. The van der Waals surface area contributed by atoms with Gasteiger partial charge in [-0.05, 0) is 43.3 Å². The van der Waals surface area contributed by atoms with E-state index in [-0.39, 0.29) is 17.2 Å². The Labute approximate surface area is 204 Å². The topological polar surface area (TPSA) is 76.3 Å². The zero-order valence-electron chi connectivity index (χ0n) is 17.5. The first kappa shape index (κ1) is 23.0. The van der Waals surface area contributed by atoms with Gasteiger partial charge in [0, 0.05) is 10.6 Å². The highest BCUT2D eigenvalue weighted by Crippen LogP contribution is 2.22. The third-order valence-electron chi connectivity index (χ3n) is 4.76. The van der Waals surface area contributed by atoms with E-state index in [1.54, 1.807) is 43.3 Å². The number of carbonyl (C=O) groups is 1. The number of hydrazone groups is 1. The SMILES string of the molecule is C/C(=N\NC(=O)CSc1nc2ccccc2c(=O)n1-c1ccccc1)c1ccc(Cl)cc1Cl. The van der Waals surface area contributed by atoms with Gasteiger partial charge < -0.3 is 0 Å². The maximum atomic E-state index is 13.2. The van der Waals surface area contributed by atoms with Crippen molar-refractivity contribution in [3.05, 3.63) is 98.8 Å². The first-order valence-corrected chi connectivity index (χ1v) is 11.7. The second-order valence-corrected chi connectivity index (χ2v) is 8.82. The fourth-order valence-corrected chi connectivity index (χ4v) is 4.52. The number of aromatic nitrogens is 2. The highest BCUT2D eigenvalue weighted by molar-refractivity contribution is 7.99. The molecule has 0 unspecified atom stereocenters. The van der Waals surface area contributed by atoms with Gasteiger partial charge in [-0.15, -0.1) is 0 Å². The number of hydrogen-bond donors (Lipinski definition) is 1. The Hall–Kier alpha value is -3.13. The monoisotopic (exact) mass is 496 g/mol. The third-order valence-corrected chi connectivity index (χ3v) is 6.25. The van der Waals surface area contributed by atoms with Crippen molar-refractivity contribution in [1.29, 1.82) is 0 Å². The number of nitrogens with one attached hydrogen (secondary N) is 1. The van der Waals surface area contributed by atoms with Crippen molar-refractivity contribution in [2.45, 2.75) is 12.1 Å². The molecule has 1 heterocycles. The molecule has 0 aliphatic rings. The molecule has 3 aromatic carbocycles. The summed E-state index contributed by atoms with van der Waals surface area (Å²) in [5, 5.41) is 6.02. The number of rotatable bonds is 6. The van der Waals surface area contributed by atoms with Crippen molar-refractivity contribution in [2.75, 3.05) is 5.75 Å². The molecule has 4 aromatic rings. The van der Waals surface area contributed by atoms with Crippen LogP contribution in [0.3, 0.4) is 0 Å². The van der Waals surface area contributed by atoms with Crippen LogP contribution in [-0.4, -0.2) is 26.9 Å². The molecule has 0 aliphatic heterocycles. The number of para-hydroxylation sites is 2. The van der Waals surface area contributed by atoms with E-state index in [0.717, 1.165) is 11.8 Å². The van der Waals surface area contributed by atoms with E-state index in [1.165, 1.54) is 4.57 Å². The van der Waals surface area contributed by atoms with E-state index in [0.29, 0.717) is 43.1 Å². The molecule has 0 spiro atoms. The van der Waals surface area contributed by atoms with Crippen LogP contribution in [0.25, 0.3) is 16.6 Å². The molecule has 1 N–H and O–H groups in total. The minimum absolute atomic E-state index is 0.0166. The minimum Gasteiger partial charge on any atom is -0.272 e. The molecule has 1 amide bonds. The lowest BCUT2D eigenvalue weighted by Gasteiger charge is -2.13. The number of amides is 1.